The maximum absolute atomic E-state index is 11.0. The van der Waals surface area contributed by atoms with Crippen LogP contribution < -0.4 is 0 Å². The molecule has 2 saturated heterocycles. The Labute approximate surface area is 111 Å². The van der Waals surface area contributed by atoms with Crippen LogP contribution >= 0.6 is 0 Å². The number of carbonyl (C=O) groups excluding carboxylic acids is 1. The van der Waals surface area contributed by atoms with E-state index in [4.69, 9.17) is 4.74 Å². The highest BCUT2D eigenvalue weighted by Gasteiger charge is 2.19. The van der Waals surface area contributed by atoms with Gasteiger partial charge in [0, 0.05) is 26.3 Å². The van der Waals surface area contributed by atoms with E-state index in [1.165, 1.54) is 20.0 Å². The summed E-state index contributed by atoms with van der Waals surface area (Å²) in [6.07, 6.45) is 4.56. The molecule has 1 amide bonds. The standard InChI is InChI=1S/C8H15NO2.C6H12O/c1-7-3-5-9(6-4-7)8(10)11-2;1-6-2-4-7-5-3-6/h7H,3-6H2,1-2H3;6H,2-5H2,1H3. The Kier molecular flexibility index (Phi) is 7.09. The van der Waals surface area contributed by atoms with Crippen LogP contribution in [0, 0.1) is 11.8 Å². The fourth-order valence-corrected chi connectivity index (χ4v) is 2.14. The van der Waals surface area contributed by atoms with Crippen LogP contribution in [-0.2, 0) is 9.47 Å². The molecular formula is C14H27NO3. The normalized spacial score (nSPS) is 22.1. The lowest BCUT2D eigenvalue weighted by Gasteiger charge is -2.28. The van der Waals surface area contributed by atoms with Gasteiger partial charge in [-0.3, -0.25) is 0 Å². The summed E-state index contributed by atoms with van der Waals surface area (Å²) < 4.78 is 9.75. The van der Waals surface area contributed by atoms with Gasteiger partial charge in [-0.1, -0.05) is 13.8 Å². The van der Waals surface area contributed by atoms with Crippen molar-refractivity contribution in [1.29, 1.82) is 0 Å². The van der Waals surface area contributed by atoms with E-state index < -0.39 is 0 Å². The fourth-order valence-electron chi connectivity index (χ4n) is 2.14. The number of ether oxygens (including phenoxy) is 2. The first-order valence-electron chi connectivity index (χ1n) is 7.04. The van der Waals surface area contributed by atoms with Crippen molar-refractivity contribution in [3.63, 3.8) is 0 Å². The predicted molar refractivity (Wildman–Crippen MR) is 71.6 cm³/mol. The lowest BCUT2D eigenvalue weighted by atomic mass is 10.00. The zero-order valence-electron chi connectivity index (χ0n) is 12.0. The molecular weight excluding hydrogens is 230 g/mol. The fraction of sp³-hybridized carbons (Fsp3) is 0.929. The highest BCUT2D eigenvalue weighted by atomic mass is 16.5. The molecule has 0 radical (unpaired) electrons. The van der Waals surface area contributed by atoms with E-state index in [1.54, 1.807) is 4.90 Å². The summed E-state index contributed by atoms with van der Waals surface area (Å²) in [5.74, 6) is 1.67. The van der Waals surface area contributed by atoms with Gasteiger partial charge >= 0.3 is 6.09 Å². The van der Waals surface area contributed by atoms with Crippen LogP contribution in [0.3, 0.4) is 0 Å². The number of amides is 1. The number of methoxy groups -OCH3 is 1. The lowest BCUT2D eigenvalue weighted by molar-refractivity contribution is 0.0716. The van der Waals surface area contributed by atoms with Crippen molar-refractivity contribution in [1.82, 2.24) is 4.90 Å². The Bertz CT molecular complexity index is 231. The monoisotopic (exact) mass is 257 g/mol. The Hall–Kier alpha value is -0.770. The van der Waals surface area contributed by atoms with Crippen LogP contribution in [0.1, 0.15) is 39.5 Å². The average molecular weight is 257 g/mol. The molecule has 0 spiro atoms. The number of hydrogen-bond acceptors (Lipinski definition) is 3. The molecule has 4 nitrogen and oxygen atoms in total. The molecule has 2 aliphatic heterocycles. The van der Waals surface area contributed by atoms with Crippen LogP contribution in [0.2, 0.25) is 0 Å². The predicted octanol–water partition coefficient (Wildman–Crippen LogP) is 2.92. The van der Waals surface area contributed by atoms with Crippen LogP contribution in [0.4, 0.5) is 4.79 Å². The van der Waals surface area contributed by atoms with Crippen molar-refractivity contribution in [3.05, 3.63) is 0 Å². The van der Waals surface area contributed by atoms with E-state index in [9.17, 15) is 4.79 Å². The summed E-state index contributed by atoms with van der Waals surface area (Å²) in [7, 11) is 1.43. The number of carbonyl (C=O) groups is 1. The molecule has 2 aliphatic rings. The van der Waals surface area contributed by atoms with Gasteiger partial charge in [0.1, 0.15) is 0 Å². The summed E-state index contributed by atoms with van der Waals surface area (Å²) >= 11 is 0. The van der Waals surface area contributed by atoms with E-state index in [0.717, 1.165) is 51.0 Å². The van der Waals surface area contributed by atoms with Crippen molar-refractivity contribution in [2.45, 2.75) is 39.5 Å². The van der Waals surface area contributed by atoms with E-state index in [1.807, 2.05) is 0 Å². The van der Waals surface area contributed by atoms with E-state index in [0.29, 0.717) is 0 Å². The highest BCUT2D eigenvalue weighted by Crippen LogP contribution is 2.16. The quantitative estimate of drug-likeness (QED) is 0.670. The number of piperidine rings is 1. The van der Waals surface area contributed by atoms with Gasteiger partial charge in [0.2, 0.25) is 0 Å². The summed E-state index contributed by atoms with van der Waals surface area (Å²) in [6.45, 7) is 8.18. The second-order valence-electron chi connectivity index (χ2n) is 5.43. The van der Waals surface area contributed by atoms with E-state index in [2.05, 4.69) is 18.6 Å². The van der Waals surface area contributed by atoms with Crippen LogP contribution in [0.25, 0.3) is 0 Å². The minimum absolute atomic E-state index is 0.183. The van der Waals surface area contributed by atoms with Crippen LogP contribution in [-0.4, -0.2) is 44.4 Å². The Balaban J connectivity index is 0.000000199. The van der Waals surface area contributed by atoms with Gasteiger partial charge in [0.05, 0.1) is 7.11 Å². The molecule has 2 fully saturated rings. The molecule has 0 aromatic carbocycles. The molecule has 18 heavy (non-hydrogen) atoms. The zero-order chi connectivity index (χ0) is 13.4. The van der Waals surface area contributed by atoms with Crippen molar-refractivity contribution in [2.24, 2.45) is 11.8 Å². The SMILES string of the molecule is CC1CCOCC1.COC(=O)N1CCC(C)CC1. The molecule has 4 heteroatoms. The first kappa shape index (κ1) is 15.3. The maximum atomic E-state index is 11.0. The summed E-state index contributed by atoms with van der Waals surface area (Å²) in [4.78, 5) is 12.7. The first-order valence-corrected chi connectivity index (χ1v) is 7.04. The molecule has 0 atom stereocenters. The van der Waals surface area contributed by atoms with Crippen molar-refractivity contribution in [2.75, 3.05) is 33.4 Å². The minimum atomic E-state index is -0.183. The number of nitrogens with zero attached hydrogens (tertiary/aromatic N) is 1. The summed E-state index contributed by atoms with van der Waals surface area (Å²) in [5.41, 5.74) is 0. The summed E-state index contributed by atoms with van der Waals surface area (Å²) in [5, 5.41) is 0. The molecule has 0 N–H and O–H groups in total. The number of likely N-dealkylation sites (tertiary alicyclic amines) is 1. The molecule has 0 aromatic heterocycles. The molecule has 2 rings (SSSR count). The molecule has 0 aromatic rings. The smallest absolute Gasteiger partial charge is 0.409 e. The van der Waals surface area contributed by atoms with Gasteiger partial charge in [0.15, 0.2) is 0 Å². The van der Waals surface area contributed by atoms with E-state index in [-0.39, 0.29) is 6.09 Å². The second-order valence-corrected chi connectivity index (χ2v) is 5.43. The molecule has 106 valence electrons. The van der Waals surface area contributed by atoms with Crippen LogP contribution in [0.5, 0.6) is 0 Å². The highest BCUT2D eigenvalue weighted by molar-refractivity contribution is 5.67. The third-order valence-corrected chi connectivity index (χ3v) is 3.73. The maximum Gasteiger partial charge on any atom is 0.409 e. The molecule has 0 saturated carbocycles. The second kappa shape index (κ2) is 8.35. The van der Waals surface area contributed by atoms with Gasteiger partial charge in [-0.25, -0.2) is 4.79 Å². The Morgan fingerprint density at radius 1 is 1.06 bits per heavy atom. The van der Waals surface area contributed by atoms with Gasteiger partial charge in [-0.05, 0) is 37.5 Å². The molecule has 0 bridgehead atoms. The van der Waals surface area contributed by atoms with Gasteiger partial charge in [-0.15, -0.1) is 0 Å². The van der Waals surface area contributed by atoms with Crippen LogP contribution in [0.15, 0.2) is 0 Å². The van der Waals surface area contributed by atoms with Crippen molar-refractivity contribution < 1.29 is 14.3 Å². The van der Waals surface area contributed by atoms with Gasteiger partial charge in [0.25, 0.3) is 0 Å². The van der Waals surface area contributed by atoms with Gasteiger partial charge < -0.3 is 14.4 Å². The molecule has 2 heterocycles. The zero-order valence-corrected chi connectivity index (χ0v) is 12.0. The van der Waals surface area contributed by atoms with Crippen molar-refractivity contribution >= 4 is 6.09 Å². The largest absolute Gasteiger partial charge is 0.453 e. The molecule has 0 aliphatic carbocycles. The topological polar surface area (TPSA) is 38.8 Å². The van der Waals surface area contributed by atoms with Crippen molar-refractivity contribution in [3.8, 4) is 0 Å². The van der Waals surface area contributed by atoms with E-state index >= 15 is 0 Å². The summed E-state index contributed by atoms with van der Waals surface area (Å²) in [6, 6.07) is 0. The van der Waals surface area contributed by atoms with Gasteiger partial charge in [-0.2, -0.15) is 0 Å². The third kappa shape index (κ3) is 5.71. The minimum Gasteiger partial charge on any atom is -0.453 e. The number of hydrogen-bond donors (Lipinski definition) is 0. The average Bonchev–Trinajstić information content (AvgIpc) is 2.40. The Morgan fingerprint density at radius 3 is 1.94 bits per heavy atom. The lowest BCUT2D eigenvalue weighted by Crippen LogP contribution is -2.37. The molecule has 0 unspecified atom stereocenters. The number of rotatable bonds is 0. The Morgan fingerprint density at radius 2 is 1.56 bits per heavy atom. The third-order valence-electron chi connectivity index (χ3n) is 3.73. The first-order chi connectivity index (χ1) is 8.63.